The normalized spacial score (nSPS) is 10.6. The molecule has 1 aromatic carbocycles. The number of benzene rings is 1. The van der Waals surface area contributed by atoms with Gasteiger partial charge in [-0.05, 0) is 23.6 Å². The van der Waals surface area contributed by atoms with Crippen molar-refractivity contribution in [3.63, 3.8) is 0 Å². The highest BCUT2D eigenvalue weighted by molar-refractivity contribution is 6.42. The van der Waals surface area contributed by atoms with Crippen LogP contribution in [0.1, 0.15) is 5.56 Å². The SMILES string of the molecule is C#CC[NH+](C)CC(=C)c1ccc(Cl)c(Cl)c1.O=C([O-])C(=O)O. The highest BCUT2D eigenvalue weighted by atomic mass is 35.5. The molecule has 1 aromatic rings. The maximum Gasteiger partial charge on any atom is 0.351 e. The summed E-state index contributed by atoms with van der Waals surface area (Å²) < 4.78 is 0. The minimum atomic E-state index is -2.07. The third kappa shape index (κ3) is 7.70. The number of carbonyl (C=O) groups excluding carboxylic acids is 1. The highest BCUT2D eigenvalue weighted by Gasteiger charge is 2.07. The largest absolute Gasteiger partial charge is 0.539 e. The smallest absolute Gasteiger partial charge is 0.351 e. The predicted molar refractivity (Wildman–Crippen MR) is 83.6 cm³/mol. The van der Waals surface area contributed by atoms with Crippen molar-refractivity contribution in [3.05, 3.63) is 40.4 Å². The average Bonchev–Trinajstić information content (AvgIpc) is 2.42. The van der Waals surface area contributed by atoms with E-state index in [9.17, 15) is 0 Å². The molecular formula is C15H15Cl2NO4. The van der Waals surface area contributed by atoms with E-state index in [2.05, 4.69) is 12.5 Å². The lowest BCUT2D eigenvalue weighted by Gasteiger charge is -2.13. The summed E-state index contributed by atoms with van der Waals surface area (Å²) in [5, 5.41) is 17.4. The van der Waals surface area contributed by atoms with E-state index in [1.807, 2.05) is 19.2 Å². The number of rotatable bonds is 4. The Hall–Kier alpha value is -2.00. The van der Waals surface area contributed by atoms with Crippen LogP contribution >= 0.6 is 23.2 Å². The van der Waals surface area contributed by atoms with Gasteiger partial charge in [0.05, 0.1) is 17.1 Å². The second kappa shape index (κ2) is 9.85. The lowest BCUT2D eigenvalue weighted by atomic mass is 10.1. The summed E-state index contributed by atoms with van der Waals surface area (Å²) in [5.74, 6) is -1.39. The third-order valence-corrected chi connectivity index (χ3v) is 3.16. The molecule has 22 heavy (non-hydrogen) atoms. The van der Waals surface area contributed by atoms with Crippen LogP contribution in [0.3, 0.4) is 0 Å². The Balaban J connectivity index is 0.000000626. The average molecular weight is 344 g/mol. The first-order chi connectivity index (χ1) is 10.2. The van der Waals surface area contributed by atoms with Crippen LogP contribution in [-0.4, -0.2) is 37.2 Å². The van der Waals surface area contributed by atoms with Crippen LogP contribution < -0.4 is 10.0 Å². The fourth-order valence-electron chi connectivity index (χ4n) is 1.42. The summed E-state index contributed by atoms with van der Waals surface area (Å²) in [5.41, 5.74) is 2.01. The van der Waals surface area contributed by atoms with Crippen molar-refractivity contribution in [2.75, 3.05) is 20.1 Å². The molecule has 0 aliphatic rings. The standard InChI is InChI=1S/C13H13Cl2N.C2H2O4/c1-4-7-16(3)9-10(2)11-5-6-12(14)13(15)8-11;3-1(4)2(5)6/h1,5-6,8H,2,7,9H2,3H3;(H,3,4)(H,5,6). The maximum absolute atomic E-state index is 9.04. The van der Waals surface area contributed by atoms with Crippen molar-refractivity contribution in [2.45, 2.75) is 0 Å². The second-order valence-electron chi connectivity index (χ2n) is 4.34. The topological polar surface area (TPSA) is 81.9 Å². The summed E-state index contributed by atoms with van der Waals surface area (Å²) in [7, 11) is 2.03. The van der Waals surface area contributed by atoms with Gasteiger partial charge in [-0.15, -0.1) is 6.42 Å². The molecule has 5 nitrogen and oxygen atoms in total. The molecule has 1 unspecified atom stereocenters. The number of hydrogen-bond acceptors (Lipinski definition) is 3. The van der Waals surface area contributed by atoms with Crippen molar-refractivity contribution in [2.24, 2.45) is 0 Å². The highest BCUT2D eigenvalue weighted by Crippen LogP contribution is 2.24. The maximum atomic E-state index is 9.04. The van der Waals surface area contributed by atoms with Crippen molar-refractivity contribution >= 4 is 40.7 Å². The molecule has 0 aliphatic carbocycles. The van der Waals surface area contributed by atoms with Crippen LogP contribution in [0.25, 0.3) is 5.57 Å². The number of carbonyl (C=O) groups is 2. The molecule has 0 aromatic heterocycles. The molecule has 0 radical (unpaired) electrons. The van der Waals surface area contributed by atoms with Gasteiger partial charge < -0.3 is 19.9 Å². The number of hydrogen-bond donors (Lipinski definition) is 2. The van der Waals surface area contributed by atoms with Gasteiger partial charge in [-0.2, -0.15) is 0 Å². The monoisotopic (exact) mass is 343 g/mol. The number of likely N-dealkylation sites (N-methyl/N-ethyl adjacent to an activating group) is 1. The molecule has 0 saturated carbocycles. The van der Waals surface area contributed by atoms with E-state index in [0.717, 1.165) is 17.7 Å². The summed E-state index contributed by atoms with van der Waals surface area (Å²) in [6.45, 7) is 5.50. The molecule has 2 N–H and O–H groups in total. The van der Waals surface area contributed by atoms with Crippen LogP contribution in [0.4, 0.5) is 0 Å². The van der Waals surface area contributed by atoms with E-state index in [1.54, 1.807) is 6.07 Å². The van der Waals surface area contributed by atoms with Gasteiger partial charge in [0, 0.05) is 5.57 Å². The molecule has 0 heterocycles. The quantitative estimate of drug-likeness (QED) is 0.594. The zero-order valence-corrected chi connectivity index (χ0v) is 13.4. The minimum absolute atomic E-state index is 0.551. The van der Waals surface area contributed by atoms with Gasteiger partial charge in [-0.1, -0.05) is 35.8 Å². The Bertz CT molecular complexity index is 596. The van der Waals surface area contributed by atoms with Crippen LogP contribution in [0.2, 0.25) is 10.0 Å². The first-order valence-corrected chi connectivity index (χ1v) is 6.76. The number of aliphatic carboxylic acids is 2. The van der Waals surface area contributed by atoms with E-state index in [0.29, 0.717) is 16.6 Å². The molecular weight excluding hydrogens is 329 g/mol. The fraction of sp³-hybridized carbons (Fsp3) is 0.200. The second-order valence-corrected chi connectivity index (χ2v) is 5.15. The van der Waals surface area contributed by atoms with Crippen molar-refractivity contribution in [1.82, 2.24) is 0 Å². The van der Waals surface area contributed by atoms with Gasteiger partial charge in [0.2, 0.25) is 0 Å². The fourth-order valence-corrected chi connectivity index (χ4v) is 1.72. The summed E-state index contributed by atoms with van der Waals surface area (Å²) in [6.07, 6.45) is 5.25. The molecule has 0 saturated heterocycles. The van der Waals surface area contributed by atoms with Crippen molar-refractivity contribution < 1.29 is 24.7 Å². The Kier molecular flexibility index (Phi) is 8.95. The zero-order chi connectivity index (χ0) is 17.3. The van der Waals surface area contributed by atoms with E-state index >= 15 is 0 Å². The molecule has 0 spiro atoms. The predicted octanol–water partition coefficient (Wildman–Crippen LogP) is -0.0246. The Labute approximate surface area is 138 Å². The van der Waals surface area contributed by atoms with Gasteiger partial charge in [0.1, 0.15) is 13.1 Å². The number of quaternary nitrogens is 1. The van der Waals surface area contributed by atoms with Crippen molar-refractivity contribution in [3.8, 4) is 12.3 Å². The van der Waals surface area contributed by atoms with Crippen LogP contribution in [0.5, 0.6) is 0 Å². The molecule has 118 valence electrons. The van der Waals surface area contributed by atoms with Gasteiger partial charge in [0.15, 0.2) is 5.97 Å². The number of carboxylic acids is 2. The summed E-state index contributed by atoms with van der Waals surface area (Å²) >= 11 is 11.8. The molecule has 0 fully saturated rings. The lowest BCUT2D eigenvalue weighted by Crippen LogP contribution is -3.08. The Morgan fingerprint density at radius 3 is 2.36 bits per heavy atom. The first-order valence-electron chi connectivity index (χ1n) is 6.01. The molecule has 1 atom stereocenters. The van der Waals surface area contributed by atoms with Crippen molar-refractivity contribution in [1.29, 1.82) is 0 Å². The number of halogens is 2. The lowest BCUT2D eigenvalue weighted by molar-refractivity contribution is -0.863. The van der Waals surface area contributed by atoms with E-state index in [1.165, 1.54) is 4.90 Å². The zero-order valence-electron chi connectivity index (χ0n) is 11.9. The van der Waals surface area contributed by atoms with E-state index in [4.69, 9.17) is 49.4 Å². The van der Waals surface area contributed by atoms with Crippen LogP contribution in [-0.2, 0) is 9.59 Å². The molecule has 0 bridgehead atoms. The third-order valence-electron chi connectivity index (χ3n) is 2.42. The molecule has 0 aliphatic heterocycles. The summed E-state index contributed by atoms with van der Waals surface area (Å²) in [4.78, 5) is 19.2. The Morgan fingerprint density at radius 1 is 1.41 bits per heavy atom. The van der Waals surface area contributed by atoms with E-state index in [-0.39, 0.29) is 0 Å². The molecule has 0 amide bonds. The van der Waals surface area contributed by atoms with Gasteiger partial charge >= 0.3 is 5.97 Å². The molecule has 1 rings (SSSR count). The summed E-state index contributed by atoms with van der Waals surface area (Å²) in [6, 6.07) is 5.52. The van der Waals surface area contributed by atoms with Crippen LogP contribution in [0.15, 0.2) is 24.8 Å². The molecule has 7 heteroatoms. The van der Waals surface area contributed by atoms with Crippen LogP contribution in [0, 0.1) is 12.3 Å². The van der Waals surface area contributed by atoms with Gasteiger partial charge in [-0.3, -0.25) is 0 Å². The number of terminal acetylenes is 1. The Morgan fingerprint density at radius 2 is 1.95 bits per heavy atom. The number of nitrogens with one attached hydrogen (secondary N) is 1. The van der Waals surface area contributed by atoms with E-state index < -0.39 is 11.9 Å². The first kappa shape index (κ1) is 20.0. The van der Waals surface area contributed by atoms with Gasteiger partial charge in [0.25, 0.3) is 0 Å². The van der Waals surface area contributed by atoms with Gasteiger partial charge in [-0.25, -0.2) is 4.79 Å². The number of carboxylic acid groups (broad SMARTS) is 2. The minimum Gasteiger partial charge on any atom is -0.539 e.